The van der Waals surface area contributed by atoms with Gasteiger partial charge in [0.05, 0.1) is 0 Å². The number of para-hydroxylation sites is 2. The normalized spacial score (nSPS) is 14.4. The van der Waals surface area contributed by atoms with E-state index < -0.39 is 0 Å². The molecule has 3 amide bonds. The summed E-state index contributed by atoms with van der Waals surface area (Å²) < 4.78 is 5.43. The molecule has 0 atom stereocenters. The van der Waals surface area contributed by atoms with Gasteiger partial charge in [-0.2, -0.15) is 0 Å². The van der Waals surface area contributed by atoms with Gasteiger partial charge in [-0.05, 0) is 37.1 Å². The number of likely N-dealkylation sites (tertiary alicyclic amines) is 1. The molecule has 0 radical (unpaired) electrons. The monoisotopic (exact) mass is 395 g/mol. The van der Waals surface area contributed by atoms with E-state index in [0.29, 0.717) is 25.9 Å². The molecule has 2 N–H and O–H groups in total. The second kappa shape index (κ2) is 9.84. The summed E-state index contributed by atoms with van der Waals surface area (Å²) in [6, 6.07) is 18.6. The molecule has 7 heteroatoms. The first-order chi connectivity index (χ1) is 14.1. The quantitative estimate of drug-likeness (QED) is 0.777. The van der Waals surface area contributed by atoms with Crippen LogP contribution in [0.3, 0.4) is 0 Å². The van der Waals surface area contributed by atoms with Crippen LogP contribution in [0.4, 0.5) is 11.4 Å². The number of hydrogen-bond donors (Lipinski definition) is 1. The Morgan fingerprint density at radius 3 is 1.90 bits per heavy atom. The summed E-state index contributed by atoms with van der Waals surface area (Å²) in [6.07, 6.45) is 1.13. The summed E-state index contributed by atoms with van der Waals surface area (Å²) >= 11 is 0. The van der Waals surface area contributed by atoms with Crippen molar-refractivity contribution in [2.24, 2.45) is 11.7 Å². The minimum absolute atomic E-state index is 0.174. The number of anilines is 2. The van der Waals surface area contributed by atoms with Crippen molar-refractivity contribution in [1.82, 2.24) is 4.90 Å². The van der Waals surface area contributed by atoms with Crippen molar-refractivity contribution in [3.63, 3.8) is 0 Å². The highest BCUT2D eigenvalue weighted by atomic mass is 16.5. The molecule has 7 nitrogen and oxygen atoms in total. The van der Waals surface area contributed by atoms with E-state index in [0.717, 1.165) is 11.4 Å². The SMILES string of the molecule is NC(=O)C1CCN(C(=O)COCC(=O)N(c2ccccc2)c2ccccc2)CC1. The van der Waals surface area contributed by atoms with Gasteiger partial charge in [-0.3, -0.25) is 19.3 Å². The van der Waals surface area contributed by atoms with Gasteiger partial charge in [0.25, 0.3) is 5.91 Å². The maximum absolute atomic E-state index is 12.8. The van der Waals surface area contributed by atoms with Crippen molar-refractivity contribution in [2.75, 3.05) is 31.2 Å². The number of nitrogens with two attached hydrogens (primary N) is 1. The number of piperidine rings is 1. The Hall–Kier alpha value is -3.19. The largest absolute Gasteiger partial charge is 0.369 e. The van der Waals surface area contributed by atoms with Gasteiger partial charge in [0.2, 0.25) is 11.8 Å². The van der Waals surface area contributed by atoms with Crippen LogP contribution in [0.1, 0.15) is 12.8 Å². The summed E-state index contributed by atoms with van der Waals surface area (Å²) in [5.41, 5.74) is 6.77. The molecule has 152 valence electrons. The van der Waals surface area contributed by atoms with Crippen LogP contribution in [0.5, 0.6) is 0 Å². The first-order valence-corrected chi connectivity index (χ1v) is 9.64. The van der Waals surface area contributed by atoms with Crippen molar-refractivity contribution in [2.45, 2.75) is 12.8 Å². The lowest BCUT2D eigenvalue weighted by molar-refractivity contribution is -0.140. The molecule has 1 fully saturated rings. The Morgan fingerprint density at radius 1 is 0.897 bits per heavy atom. The zero-order valence-corrected chi connectivity index (χ0v) is 16.2. The van der Waals surface area contributed by atoms with Gasteiger partial charge in [-0.25, -0.2) is 0 Å². The molecular weight excluding hydrogens is 370 g/mol. The Morgan fingerprint density at radius 2 is 1.41 bits per heavy atom. The first-order valence-electron chi connectivity index (χ1n) is 9.64. The minimum atomic E-state index is -0.319. The second-order valence-electron chi connectivity index (χ2n) is 6.95. The molecule has 0 aliphatic carbocycles. The van der Waals surface area contributed by atoms with E-state index in [1.165, 1.54) is 0 Å². The number of amides is 3. The molecular formula is C22H25N3O4. The zero-order chi connectivity index (χ0) is 20.6. The molecule has 2 aromatic carbocycles. The maximum Gasteiger partial charge on any atom is 0.257 e. The van der Waals surface area contributed by atoms with Gasteiger partial charge in [-0.1, -0.05) is 36.4 Å². The fourth-order valence-corrected chi connectivity index (χ4v) is 3.39. The standard InChI is InChI=1S/C22H25N3O4/c23-22(28)17-11-13-24(14-12-17)20(26)15-29-16-21(27)25(18-7-3-1-4-8-18)19-9-5-2-6-10-19/h1-10,17H,11-16H2,(H2,23,28). The van der Waals surface area contributed by atoms with Crippen LogP contribution < -0.4 is 10.6 Å². The van der Waals surface area contributed by atoms with Gasteiger partial charge in [0.15, 0.2) is 0 Å². The van der Waals surface area contributed by atoms with Crippen LogP contribution in [-0.2, 0) is 19.1 Å². The van der Waals surface area contributed by atoms with Crippen molar-refractivity contribution in [1.29, 1.82) is 0 Å². The van der Waals surface area contributed by atoms with Crippen LogP contribution >= 0.6 is 0 Å². The molecule has 3 rings (SSSR count). The number of carbonyl (C=O) groups is 3. The molecule has 1 heterocycles. The minimum Gasteiger partial charge on any atom is -0.369 e. The Bertz CT molecular complexity index is 794. The summed E-state index contributed by atoms with van der Waals surface area (Å²) in [4.78, 5) is 39.6. The van der Waals surface area contributed by atoms with Crippen LogP contribution in [0.2, 0.25) is 0 Å². The van der Waals surface area contributed by atoms with Crippen molar-refractivity contribution in [3.05, 3.63) is 60.7 Å². The molecule has 0 saturated carbocycles. The van der Waals surface area contributed by atoms with E-state index in [2.05, 4.69) is 0 Å². The van der Waals surface area contributed by atoms with E-state index in [9.17, 15) is 14.4 Å². The summed E-state index contributed by atoms with van der Waals surface area (Å²) in [7, 11) is 0. The van der Waals surface area contributed by atoms with E-state index in [1.54, 1.807) is 9.80 Å². The van der Waals surface area contributed by atoms with Crippen molar-refractivity contribution >= 4 is 29.1 Å². The Labute approximate surface area is 170 Å². The van der Waals surface area contributed by atoms with Crippen molar-refractivity contribution < 1.29 is 19.1 Å². The predicted molar refractivity (Wildman–Crippen MR) is 109 cm³/mol. The van der Waals surface area contributed by atoms with Gasteiger partial charge in [-0.15, -0.1) is 0 Å². The fraction of sp³-hybridized carbons (Fsp3) is 0.318. The molecule has 1 saturated heterocycles. The second-order valence-corrected chi connectivity index (χ2v) is 6.95. The van der Waals surface area contributed by atoms with E-state index >= 15 is 0 Å². The van der Waals surface area contributed by atoms with Gasteiger partial charge in [0, 0.05) is 30.4 Å². The highest BCUT2D eigenvalue weighted by molar-refractivity contribution is 6.01. The Kier molecular flexibility index (Phi) is 6.97. The van der Waals surface area contributed by atoms with E-state index in [4.69, 9.17) is 10.5 Å². The third-order valence-electron chi connectivity index (χ3n) is 4.98. The number of nitrogens with zero attached hydrogens (tertiary/aromatic N) is 2. The molecule has 2 aromatic rings. The highest BCUT2D eigenvalue weighted by Crippen LogP contribution is 2.25. The fourth-order valence-electron chi connectivity index (χ4n) is 3.39. The molecule has 1 aliphatic rings. The predicted octanol–water partition coefficient (Wildman–Crippen LogP) is 2.09. The van der Waals surface area contributed by atoms with Crippen LogP contribution in [0, 0.1) is 5.92 Å². The number of ether oxygens (including phenoxy) is 1. The molecule has 0 spiro atoms. The van der Waals surface area contributed by atoms with Gasteiger partial charge < -0.3 is 15.4 Å². The average Bonchev–Trinajstić information content (AvgIpc) is 2.75. The number of hydrogen-bond acceptors (Lipinski definition) is 4. The third-order valence-corrected chi connectivity index (χ3v) is 4.98. The third kappa shape index (κ3) is 5.42. The zero-order valence-electron chi connectivity index (χ0n) is 16.2. The molecule has 0 unspecified atom stereocenters. The smallest absolute Gasteiger partial charge is 0.257 e. The number of rotatable bonds is 7. The highest BCUT2D eigenvalue weighted by Gasteiger charge is 2.26. The van der Waals surface area contributed by atoms with Crippen LogP contribution in [0.15, 0.2) is 60.7 Å². The molecule has 0 aromatic heterocycles. The van der Waals surface area contributed by atoms with Crippen LogP contribution in [0.25, 0.3) is 0 Å². The number of benzene rings is 2. The summed E-state index contributed by atoms with van der Waals surface area (Å²) in [5.74, 6) is -0.943. The van der Waals surface area contributed by atoms with Gasteiger partial charge in [0.1, 0.15) is 13.2 Å². The molecule has 29 heavy (non-hydrogen) atoms. The first kappa shape index (κ1) is 20.5. The lowest BCUT2D eigenvalue weighted by Crippen LogP contribution is -2.43. The lowest BCUT2D eigenvalue weighted by atomic mass is 9.96. The number of primary amides is 1. The maximum atomic E-state index is 12.8. The summed E-state index contributed by atoms with van der Waals surface area (Å²) in [6.45, 7) is 0.561. The number of carbonyl (C=O) groups excluding carboxylic acids is 3. The van der Waals surface area contributed by atoms with Gasteiger partial charge >= 0.3 is 0 Å². The van der Waals surface area contributed by atoms with E-state index in [1.807, 2.05) is 60.7 Å². The average molecular weight is 395 g/mol. The Balaban J connectivity index is 1.56. The molecule has 1 aliphatic heterocycles. The van der Waals surface area contributed by atoms with Crippen molar-refractivity contribution in [3.8, 4) is 0 Å². The van der Waals surface area contributed by atoms with E-state index in [-0.39, 0.29) is 36.9 Å². The summed E-state index contributed by atoms with van der Waals surface area (Å²) in [5, 5.41) is 0. The lowest BCUT2D eigenvalue weighted by Gasteiger charge is -2.30. The topological polar surface area (TPSA) is 92.9 Å². The van der Waals surface area contributed by atoms with Crippen LogP contribution in [-0.4, -0.2) is 48.9 Å². The molecule has 0 bridgehead atoms.